The van der Waals surface area contributed by atoms with E-state index in [1.807, 2.05) is 12.1 Å². The summed E-state index contributed by atoms with van der Waals surface area (Å²) in [5.41, 5.74) is 1.04. The van der Waals surface area contributed by atoms with Crippen molar-refractivity contribution in [2.24, 2.45) is 0 Å². The minimum atomic E-state index is 0.388. The minimum Gasteiger partial charge on any atom is -0.377 e. The Morgan fingerprint density at radius 1 is 1.33 bits per heavy atom. The van der Waals surface area contributed by atoms with E-state index in [1.165, 1.54) is 0 Å². The molecule has 1 fully saturated rings. The summed E-state index contributed by atoms with van der Waals surface area (Å²) in [6.07, 6.45) is 0. The van der Waals surface area contributed by atoms with Gasteiger partial charge in [-0.2, -0.15) is 0 Å². The van der Waals surface area contributed by atoms with E-state index in [0.29, 0.717) is 6.04 Å². The number of morpholine rings is 1. The first-order valence-electron chi connectivity index (χ1n) is 6.15. The maximum Gasteiger partial charge on any atom is 0.129 e. The number of hydrogen-bond acceptors (Lipinski definition) is 3. The Bertz CT molecular complexity index is 573. The van der Waals surface area contributed by atoms with Crippen molar-refractivity contribution in [1.29, 1.82) is 0 Å². The van der Waals surface area contributed by atoms with E-state index in [2.05, 4.69) is 46.0 Å². The van der Waals surface area contributed by atoms with Crippen molar-refractivity contribution in [3.8, 4) is 0 Å². The molecule has 0 N–H and O–H groups in total. The van der Waals surface area contributed by atoms with Crippen LogP contribution in [0, 0.1) is 0 Å². The third kappa shape index (κ3) is 2.22. The molecule has 0 aliphatic carbocycles. The molecule has 1 saturated heterocycles. The van der Waals surface area contributed by atoms with Gasteiger partial charge in [0, 0.05) is 16.4 Å². The van der Waals surface area contributed by atoms with Crippen molar-refractivity contribution in [2.75, 3.05) is 24.7 Å². The Labute approximate surface area is 115 Å². The first-order valence-corrected chi connectivity index (χ1v) is 6.94. The normalized spacial score (nSPS) is 20.3. The Morgan fingerprint density at radius 2 is 2.22 bits per heavy atom. The van der Waals surface area contributed by atoms with Gasteiger partial charge in [-0.3, -0.25) is 0 Å². The lowest BCUT2D eigenvalue weighted by atomic mass is 10.2. The van der Waals surface area contributed by atoms with Crippen LogP contribution in [0.1, 0.15) is 6.92 Å². The number of benzene rings is 1. The molecule has 3 rings (SSSR count). The maximum atomic E-state index is 5.46. The number of fused-ring (bicyclic) bond motifs is 1. The lowest BCUT2D eigenvalue weighted by Gasteiger charge is -2.34. The van der Waals surface area contributed by atoms with E-state index < -0.39 is 0 Å². The smallest absolute Gasteiger partial charge is 0.129 e. The van der Waals surface area contributed by atoms with Crippen molar-refractivity contribution in [3.05, 3.63) is 34.8 Å². The summed E-state index contributed by atoms with van der Waals surface area (Å²) >= 11 is 3.48. The Balaban J connectivity index is 1.99. The van der Waals surface area contributed by atoms with Gasteiger partial charge < -0.3 is 9.64 Å². The van der Waals surface area contributed by atoms with Gasteiger partial charge >= 0.3 is 0 Å². The number of anilines is 1. The van der Waals surface area contributed by atoms with Crippen LogP contribution in [0.15, 0.2) is 34.8 Å². The highest BCUT2D eigenvalue weighted by Gasteiger charge is 2.20. The number of halogens is 1. The zero-order valence-corrected chi connectivity index (χ0v) is 11.9. The number of pyridine rings is 1. The molecule has 1 aromatic carbocycles. The fourth-order valence-electron chi connectivity index (χ4n) is 2.31. The second kappa shape index (κ2) is 4.86. The van der Waals surface area contributed by atoms with E-state index in [0.717, 1.165) is 41.0 Å². The number of ether oxygens (including phenoxy) is 1. The van der Waals surface area contributed by atoms with Crippen molar-refractivity contribution in [2.45, 2.75) is 13.0 Å². The molecule has 1 aliphatic heterocycles. The van der Waals surface area contributed by atoms with E-state index in [1.54, 1.807) is 0 Å². The summed E-state index contributed by atoms with van der Waals surface area (Å²) in [6, 6.07) is 10.8. The molecule has 1 aromatic heterocycles. The molecule has 4 heteroatoms. The largest absolute Gasteiger partial charge is 0.377 e. The van der Waals surface area contributed by atoms with E-state index in [4.69, 9.17) is 9.72 Å². The highest BCUT2D eigenvalue weighted by atomic mass is 79.9. The summed E-state index contributed by atoms with van der Waals surface area (Å²) in [6.45, 7) is 4.65. The van der Waals surface area contributed by atoms with E-state index in [9.17, 15) is 0 Å². The van der Waals surface area contributed by atoms with Crippen LogP contribution < -0.4 is 4.90 Å². The molecule has 18 heavy (non-hydrogen) atoms. The maximum absolute atomic E-state index is 5.46. The van der Waals surface area contributed by atoms with Crippen LogP contribution in [-0.2, 0) is 4.74 Å². The number of hydrogen-bond donors (Lipinski definition) is 0. The number of rotatable bonds is 1. The summed E-state index contributed by atoms with van der Waals surface area (Å²) < 4.78 is 6.55. The van der Waals surface area contributed by atoms with Crippen LogP contribution in [-0.4, -0.2) is 30.8 Å². The zero-order valence-electron chi connectivity index (χ0n) is 10.3. The first-order chi connectivity index (χ1) is 8.74. The Hall–Kier alpha value is -1.13. The highest BCUT2D eigenvalue weighted by Crippen LogP contribution is 2.23. The van der Waals surface area contributed by atoms with E-state index in [-0.39, 0.29) is 0 Å². The van der Waals surface area contributed by atoms with Crippen LogP contribution in [0.4, 0.5) is 5.82 Å². The van der Waals surface area contributed by atoms with Crippen LogP contribution in [0.5, 0.6) is 0 Å². The Morgan fingerprint density at radius 3 is 3.06 bits per heavy atom. The topological polar surface area (TPSA) is 25.4 Å². The summed E-state index contributed by atoms with van der Waals surface area (Å²) in [7, 11) is 0. The quantitative estimate of drug-likeness (QED) is 0.809. The van der Waals surface area contributed by atoms with E-state index >= 15 is 0 Å². The highest BCUT2D eigenvalue weighted by molar-refractivity contribution is 9.10. The minimum absolute atomic E-state index is 0.388. The van der Waals surface area contributed by atoms with Gasteiger partial charge in [-0.15, -0.1) is 0 Å². The van der Waals surface area contributed by atoms with Gasteiger partial charge in [-0.05, 0) is 37.3 Å². The molecule has 94 valence electrons. The van der Waals surface area contributed by atoms with Crippen LogP contribution in [0.2, 0.25) is 0 Å². The predicted molar refractivity (Wildman–Crippen MR) is 77.1 cm³/mol. The van der Waals surface area contributed by atoms with Crippen LogP contribution in [0.3, 0.4) is 0 Å². The molecular formula is C14H15BrN2O. The molecule has 0 saturated carbocycles. The van der Waals surface area contributed by atoms with Gasteiger partial charge in [0.2, 0.25) is 0 Å². The molecular weight excluding hydrogens is 292 g/mol. The molecule has 3 nitrogen and oxygen atoms in total. The molecule has 0 radical (unpaired) electrons. The van der Waals surface area contributed by atoms with Crippen molar-refractivity contribution in [1.82, 2.24) is 4.98 Å². The lowest BCUT2D eigenvalue weighted by Crippen LogP contribution is -2.44. The molecule has 0 spiro atoms. The van der Waals surface area contributed by atoms with Gasteiger partial charge in [0.15, 0.2) is 0 Å². The molecule has 1 aliphatic rings. The first kappa shape index (κ1) is 11.9. The van der Waals surface area contributed by atoms with Crippen molar-refractivity contribution >= 4 is 32.7 Å². The molecule has 2 aromatic rings. The summed E-state index contributed by atoms with van der Waals surface area (Å²) in [5.74, 6) is 1.04. The monoisotopic (exact) mass is 306 g/mol. The van der Waals surface area contributed by atoms with Crippen molar-refractivity contribution < 1.29 is 4.74 Å². The third-order valence-corrected chi connectivity index (χ3v) is 3.79. The van der Waals surface area contributed by atoms with Gasteiger partial charge in [-0.1, -0.05) is 15.9 Å². The molecule has 1 unspecified atom stereocenters. The zero-order chi connectivity index (χ0) is 12.5. The average Bonchev–Trinajstić information content (AvgIpc) is 2.39. The summed E-state index contributed by atoms with van der Waals surface area (Å²) in [4.78, 5) is 7.05. The Kier molecular flexibility index (Phi) is 3.22. The molecule has 0 amide bonds. The van der Waals surface area contributed by atoms with Gasteiger partial charge in [0.1, 0.15) is 5.82 Å². The van der Waals surface area contributed by atoms with Crippen LogP contribution in [0.25, 0.3) is 10.9 Å². The van der Waals surface area contributed by atoms with Gasteiger partial charge in [-0.25, -0.2) is 4.98 Å². The lowest BCUT2D eigenvalue weighted by molar-refractivity contribution is 0.0986. The summed E-state index contributed by atoms with van der Waals surface area (Å²) in [5, 5.41) is 1.16. The second-order valence-corrected chi connectivity index (χ2v) is 5.54. The second-order valence-electron chi connectivity index (χ2n) is 4.62. The predicted octanol–water partition coefficient (Wildman–Crippen LogP) is 3.22. The fraction of sp³-hybridized carbons (Fsp3) is 0.357. The number of aromatic nitrogens is 1. The fourth-order valence-corrected chi connectivity index (χ4v) is 2.69. The van der Waals surface area contributed by atoms with Crippen LogP contribution >= 0.6 is 15.9 Å². The average molecular weight is 307 g/mol. The SMILES string of the molecule is CC1COCCN1c1ccc2cc(Br)ccc2n1. The standard InChI is InChI=1S/C14H15BrN2O/c1-10-9-18-7-6-17(10)14-5-2-11-8-12(15)3-4-13(11)16-14/h2-5,8,10H,6-7,9H2,1H3. The van der Waals surface area contributed by atoms with Gasteiger partial charge in [0.05, 0.1) is 24.8 Å². The number of nitrogens with zero attached hydrogens (tertiary/aromatic N) is 2. The third-order valence-electron chi connectivity index (χ3n) is 3.30. The molecule has 2 heterocycles. The van der Waals surface area contributed by atoms with Gasteiger partial charge in [0.25, 0.3) is 0 Å². The molecule has 1 atom stereocenters. The molecule has 0 bridgehead atoms. The van der Waals surface area contributed by atoms with Crippen molar-refractivity contribution in [3.63, 3.8) is 0 Å².